The average Bonchev–Trinajstić information content (AvgIpc) is 2.88. The van der Waals surface area contributed by atoms with Gasteiger partial charge in [0.2, 0.25) is 0 Å². The molecule has 0 atom stereocenters. The Kier molecular flexibility index (Phi) is 3.81. The number of carbonyl (C=O) groups excluding carboxylic acids is 1. The molecule has 7 heteroatoms. The molecule has 0 fully saturated rings. The smallest absolute Gasteiger partial charge is 0.251 e. The molecule has 18 heavy (non-hydrogen) atoms. The van der Waals surface area contributed by atoms with Gasteiger partial charge in [-0.3, -0.25) is 4.79 Å². The van der Waals surface area contributed by atoms with Crippen molar-refractivity contribution in [3.8, 4) is 0 Å². The first-order valence-electron chi connectivity index (χ1n) is 5.14. The number of pyridine rings is 1. The third kappa shape index (κ3) is 2.99. The predicted molar refractivity (Wildman–Crippen MR) is 66.9 cm³/mol. The van der Waals surface area contributed by atoms with Crippen molar-refractivity contribution in [2.45, 2.75) is 6.54 Å². The molecule has 0 aromatic carbocycles. The van der Waals surface area contributed by atoms with Crippen LogP contribution in [0.2, 0.25) is 5.15 Å². The largest absolute Gasteiger partial charge is 0.467 e. The van der Waals surface area contributed by atoms with Crippen molar-refractivity contribution in [3.63, 3.8) is 0 Å². The number of anilines is 1. The Balaban J connectivity index is 2.06. The van der Waals surface area contributed by atoms with E-state index in [1.807, 2.05) is 0 Å². The SMILES string of the molecule is NNc1cc(C(=O)NCc2ccco2)cc(Cl)n1. The lowest BCUT2D eigenvalue weighted by atomic mass is 10.2. The standard InChI is InChI=1S/C11H11ClN4O2/c12-9-4-7(5-10(15-9)16-13)11(17)14-6-8-2-1-3-18-8/h1-5H,6,13H2,(H,14,17)(H,15,16). The van der Waals surface area contributed by atoms with Crippen LogP contribution in [0.3, 0.4) is 0 Å². The summed E-state index contributed by atoms with van der Waals surface area (Å²) in [6.45, 7) is 0.303. The van der Waals surface area contributed by atoms with Gasteiger partial charge in [-0.1, -0.05) is 11.6 Å². The molecular weight excluding hydrogens is 256 g/mol. The lowest BCUT2D eigenvalue weighted by molar-refractivity contribution is 0.0948. The zero-order chi connectivity index (χ0) is 13.0. The molecule has 0 aliphatic carbocycles. The Morgan fingerprint density at radius 2 is 2.33 bits per heavy atom. The van der Waals surface area contributed by atoms with Crippen LogP contribution in [0.1, 0.15) is 16.1 Å². The fourth-order valence-electron chi connectivity index (χ4n) is 1.38. The van der Waals surface area contributed by atoms with E-state index in [1.165, 1.54) is 12.1 Å². The normalized spacial score (nSPS) is 10.1. The molecular formula is C11H11ClN4O2. The third-order valence-corrected chi connectivity index (χ3v) is 2.40. The van der Waals surface area contributed by atoms with Crippen LogP contribution in [0, 0.1) is 0 Å². The molecule has 4 N–H and O–H groups in total. The topological polar surface area (TPSA) is 93.2 Å². The summed E-state index contributed by atoms with van der Waals surface area (Å²) in [5.41, 5.74) is 2.71. The van der Waals surface area contributed by atoms with Crippen LogP contribution in [0.15, 0.2) is 34.9 Å². The van der Waals surface area contributed by atoms with E-state index in [0.29, 0.717) is 23.7 Å². The number of hydrazine groups is 1. The monoisotopic (exact) mass is 266 g/mol. The molecule has 0 aliphatic heterocycles. The average molecular weight is 267 g/mol. The van der Waals surface area contributed by atoms with Gasteiger partial charge in [0.05, 0.1) is 12.8 Å². The first-order chi connectivity index (χ1) is 8.69. The molecule has 0 saturated carbocycles. The van der Waals surface area contributed by atoms with E-state index in [1.54, 1.807) is 18.4 Å². The number of nitrogen functional groups attached to an aromatic ring is 1. The van der Waals surface area contributed by atoms with E-state index in [9.17, 15) is 4.79 Å². The fraction of sp³-hybridized carbons (Fsp3) is 0.0909. The Morgan fingerprint density at radius 1 is 1.50 bits per heavy atom. The van der Waals surface area contributed by atoms with Gasteiger partial charge in [0, 0.05) is 5.56 Å². The number of hydrogen-bond donors (Lipinski definition) is 3. The van der Waals surface area contributed by atoms with Crippen LogP contribution in [0.5, 0.6) is 0 Å². The summed E-state index contributed by atoms with van der Waals surface area (Å²) in [6, 6.07) is 6.48. The summed E-state index contributed by atoms with van der Waals surface area (Å²) in [5.74, 6) is 5.93. The van der Waals surface area contributed by atoms with Crippen LogP contribution in [-0.2, 0) is 6.54 Å². The molecule has 2 aromatic heterocycles. The van der Waals surface area contributed by atoms with Gasteiger partial charge in [-0.2, -0.15) is 0 Å². The van der Waals surface area contributed by atoms with Gasteiger partial charge < -0.3 is 15.2 Å². The highest BCUT2D eigenvalue weighted by molar-refractivity contribution is 6.29. The molecule has 94 valence electrons. The van der Waals surface area contributed by atoms with E-state index >= 15 is 0 Å². The summed E-state index contributed by atoms with van der Waals surface area (Å²) in [7, 11) is 0. The molecule has 0 radical (unpaired) electrons. The summed E-state index contributed by atoms with van der Waals surface area (Å²) < 4.78 is 5.10. The Hall–Kier alpha value is -2.05. The number of hydrogen-bond acceptors (Lipinski definition) is 5. The van der Waals surface area contributed by atoms with E-state index in [-0.39, 0.29) is 11.1 Å². The number of aromatic nitrogens is 1. The van der Waals surface area contributed by atoms with Gasteiger partial charge in [-0.15, -0.1) is 0 Å². The van der Waals surface area contributed by atoms with Crippen molar-refractivity contribution in [1.29, 1.82) is 0 Å². The van der Waals surface area contributed by atoms with Crippen molar-refractivity contribution in [3.05, 3.63) is 47.0 Å². The Bertz CT molecular complexity index is 542. The summed E-state index contributed by atoms with van der Waals surface area (Å²) in [4.78, 5) is 15.7. The van der Waals surface area contributed by atoms with Crippen LogP contribution < -0.4 is 16.6 Å². The number of rotatable bonds is 4. The zero-order valence-electron chi connectivity index (χ0n) is 9.31. The quantitative estimate of drug-likeness (QED) is 0.443. The third-order valence-electron chi connectivity index (χ3n) is 2.21. The number of furan rings is 1. The molecule has 0 unspecified atom stereocenters. The van der Waals surface area contributed by atoms with E-state index < -0.39 is 0 Å². The zero-order valence-corrected chi connectivity index (χ0v) is 10.1. The van der Waals surface area contributed by atoms with Gasteiger partial charge in [0.25, 0.3) is 5.91 Å². The second kappa shape index (κ2) is 5.52. The molecule has 0 aliphatic rings. The van der Waals surface area contributed by atoms with Gasteiger partial charge in [0.15, 0.2) is 0 Å². The summed E-state index contributed by atoms with van der Waals surface area (Å²) in [5, 5.41) is 2.88. The fourth-order valence-corrected chi connectivity index (χ4v) is 1.59. The maximum absolute atomic E-state index is 11.9. The van der Waals surface area contributed by atoms with Gasteiger partial charge in [0.1, 0.15) is 16.7 Å². The lowest BCUT2D eigenvalue weighted by Gasteiger charge is -2.06. The van der Waals surface area contributed by atoms with E-state index in [2.05, 4.69) is 15.7 Å². The van der Waals surface area contributed by atoms with Crippen molar-refractivity contribution in [2.75, 3.05) is 5.43 Å². The van der Waals surface area contributed by atoms with Crippen molar-refractivity contribution >= 4 is 23.3 Å². The highest BCUT2D eigenvalue weighted by Gasteiger charge is 2.09. The molecule has 2 rings (SSSR count). The lowest BCUT2D eigenvalue weighted by Crippen LogP contribution is -2.23. The first kappa shape index (κ1) is 12.4. The number of nitrogens with one attached hydrogen (secondary N) is 2. The molecule has 2 aromatic rings. The Morgan fingerprint density at radius 3 is 3.00 bits per heavy atom. The highest BCUT2D eigenvalue weighted by Crippen LogP contribution is 2.13. The van der Waals surface area contributed by atoms with Crippen LogP contribution >= 0.6 is 11.6 Å². The Labute approximate surface area is 108 Å². The summed E-state index contributed by atoms with van der Waals surface area (Å²) in [6.07, 6.45) is 1.54. The molecule has 1 amide bonds. The van der Waals surface area contributed by atoms with Gasteiger partial charge >= 0.3 is 0 Å². The second-order valence-electron chi connectivity index (χ2n) is 3.47. The number of halogens is 1. The molecule has 0 spiro atoms. The van der Waals surface area contributed by atoms with Crippen LogP contribution in [-0.4, -0.2) is 10.9 Å². The van der Waals surface area contributed by atoms with Crippen LogP contribution in [0.4, 0.5) is 5.82 Å². The minimum atomic E-state index is -0.285. The first-order valence-corrected chi connectivity index (χ1v) is 5.51. The molecule has 6 nitrogen and oxygen atoms in total. The van der Waals surface area contributed by atoms with Crippen molar-refractivity contribution in [1.82, 2.24) is 10.3 Å². The van der Waals surface area contributed by atoms with E-state index in [4.69, 9.17) is 21.9 Å². The van der Waals surface area contributed by atoms with Gasteiger partial charge in [-0.25, -0.2) is 10.8 Å². The molecule has 0 bridgehead atoms. The van der Waals surface area contributed by atoms with Gasteiger partial charge in [-0.05, 0) is 24.3 Å². The number of nitrogens with two attached hydrogens (primary N) is 1. The number of nitrogens with zero attached hydrogens (tertiary/aromatic N) is 1. The predicted octanol–water partition coefficient (Wildman–Crippen LogP) is 1.54. The molecule has 0 saturated heterocycles. The van der Waals surface area contributed by atoms with Crippen LogP contribution in [0.25, 0.3) is 0 Å². The highest BCUT2D eigenvalue weighted by atomic mass is 35.5. The maximum atomic E-state index is 11.9. The van der Waals surface area contributed by atoms with E-state index in [0.717, 1.165) is 0 Å². The number of carbonyl (C=O) groups is 1. The van der Waals surface area contributed by atoms with Crippen molar-refractivity contribution < 1.29 is 9.21 Å². The minimum absolute atomic E-state index is 0.189. The second-order valence-corrected chi connectivity index (χ2v) is 3.86. The maximum Gasteiger partial charge on any atom is 0.251 e. The number of amides is 1. The molecule has 2 heterocycles. The van der Waals surface area contributed by atoms with Crippen molar-refractivity contribution in [2.24, 2.45) is 5.84 Å². The summed E-state index contributed by atoms with van der Waals surface area (Å²) >= 11 is 5.77. The minimum Gasteiger partial charge on any atom is -0.467 e.